The second kappa shape index (κ2) is 8.96. The van der Waals surface area contributed by atoms with Crippen LogP contribution in [0.25, 0.3) is 10.9 Å². The van der Waals surface area contributed by atoms with Crippen molar-refractivity contribution in [2.24, 2.45) is 0 Å². The lowest BCUT2D eigenvalue weighted by Crippen LogP contribution is -2.40. The number of carboxylic acids is 1. The van der Waals surface area contributed by atoms with Crippen molar-refractivity contribution in [3.05, 3.63) is 60.3 Å². The zero-order valence-electron chi connectivity index (χ0n) is 18.3. The van der Waals surface area contributed by atoms with Gasteiger partial charge in [0.25, 0.3) is 0 Å². The summed E-state index contributed by atoms with van der Waals surface area (Å²) in [5.74, 6) is -0.245. The molecule has 0 aliphatic carbocycles. The van der Waals surface area contributed by atoms with Crippen molar-refractivity contribution in [2.45, 2.75) is 50.2 Å². The second-order valence-electron chi connectivity index (χ2n) is 8.45. The Balaban J connectivity index is 1.60. The Morgan fingerprint density at radius 3 is 2.56 bits per heavy atom. The number of fused-ring (bicyclic) bond motifs is 1. The molecule has 32 heavy (non-hydrogen) atoms. The maximum absolute atomic E-state index is 13.3. The summed E-state index contributed by atoms with van der Waals surface area (Å²) >= 11 is 0. The molecule has 1 aromatic heterocycles. The summed E-state index contributed by atoms with van der Waals surface area (Å²) in [5, 5.41) is 10.2. The Kier molecular flexibility index (Phi) is 6.26. The van der Waals surface area contributed by atoms with Crippen molar-refractivity contribution in [3.8, 4) is 5.75 Å². The summed E-state index contributed by atoms with van der Waals surface area (Å²) < 4.78 is 35.8. The van der Waals surface area contributed by atoms with E-state index in [4.69, 9.17) is 4.74 Å². The van der Waals surface area contributed by atoms with Crippen molar-refractivity contribution >= 4 is 26.9 Å². The van der Waals surface area contributed by atoms with E-state index < -0.39 is 16.0 Å². The minimum Gasteiger partial charge on any atom is -0.491 e. The molecule has 0 bridgehead atoms. The first-order valence-electron chi connectivity index (χ1n) is 10.8. The summed E-state index contributed by atoms with van der Waals surface area (Å²) in [4.78, 5) is 11.6. The van der Waals surface area contributed by atoms with E-state index in [0.717, 1.165) is 29.3 Å². The first kappa shape index (κ1) is 22.4. The topological polar surface area (TPSA) is 88.8 Å². The first-order chi connectivity index (χ1) is 15.3. The fraction of sp³-hybridized carbons (Fsp3) is 0.375. The normalized spacial score (nSPS) is 17.7. The number of hydrogen-bond acceptors (Lipinski definition) is 4. The van der Waals surface area contributed by atoms with Gasteiger partial charge in [0.05, 0.1) is 17.4 Å². The SMILES string of the molecule is CC(C)Oc1ccc(S(=O)(=O)N2CCCC(n3cc(CC(=O)O)c4ccccc43)C2)cc1. The summed E-state index contributed by atoms with van der Waals surface area (Å²) in [7, 11) is -3.64. The molecule has 0 saturated carbocycles. The van der Waals surface area contributed by atoms with Crippen LogP contribution in [0.3, 0.4) is 0 Å². The smallest absolute Gasteiger partial charge is 0.307 e. The molecule has 3 aromatic rings. The van der Waals surface area contributed by atoms with Crippen LogP contribution in [0.2, 0.25) is 0 Å². The zero-order valence-corrected chi connectivity index (χ0v) is 19.1. The van der Waals surface area contributed by atoms with Gasteiger partial charge in [-0.3, -0.25) is 4.79 Å². The van der Waals surface area contributed by atoms with Gasteiger partial charge in [-0.2, -0.15) is 4.31 Å². The predicted molar refractivity (Wildman–Crippen MR) is 123 cm³/mol. The molecule has 1 saturated heterocycles. The Bertz CT molecular complexity index is 1210. The molecule has 8 heteroatoms. The highest BCUT2D eigenvalue weighted by molar-refractivity contribution is 7.89. The molecule has 2 heterocycles. The number of para-hydroxylation sites is 1. The fourth-order valence-electron chi connectivity index (χ4n) is 4.36. The van der Waals surface area contributed by atoms with Gasteiger partial charge in [0, 0.05) is 36.2 Å². The monoisotopic (exact) mass is 456 g/mol. The standard InChI is InChI=1S/C24H28N2O5S/c1-17(2)31-20-9-11-21(12-10-20)32(29,30)25-13-5-6-19(16-25)26-15-18(14-24(27)28)22-7-3-4-8-23(22)26/h3-4,7-12,15,17,19H,5-6,13-14,16H2,1-2H3,(H,27,28). The van der Waals surface area contributed by atoms with E-state index in [2.05, 4.69) is 4.57 Å². The maximum atomic E-state index is 13.3. The number of nitrogens with zero attached hydrogens (tertiary/aromatic N) is 2. The van der Waals surface area contributed by atoms with E-state index in [-0.39, 0.29) is 23.5 Å². The molecule has 170 valence electrons. The van der Waals surface area contributed by atoms with Gasteiger partial charge in [-0.1, -0.05) is 18.2 Å². The Morgan fingerprint density at radius 1 is 1.16 bits per heavy atom. The lowest BCUT2D eigenvalue weighted by Gasteiger charge is -2.33. The Labute approximate surface area is 188 Å². The third-order valence-corrected chi connectivity index (χ3v) is 7.63. The number of sulfonamides is 1. The molecule has 4 rings (SSSR count). The number of carbonyl (C=O) groups is 1. The van der Waals surface area contributed by atoms with Gasteiger partial charge in [0.15, 0.2) is 0 Å². The number of piperidine rings is 1. The molecule has 0 spiro atoms. The molecule has 1 aliphatic rings. The molecule has 1 unspecified atom stereocenters. The van der Waals surface area contributed by atoms with E-state index >= 15 is 0 Å². The van der Waals surface area contributed by atoms with Gasteiger partial charge in [-0.15, -0.1) is 0 Å². The number of aliphatic carboxylic acids is 1. The largest absolute Gasteiger partial charge is 0.491 e. The Morgan fingerprint density at radius 2 is 1.88 bits per heavy atom. The van der Waals surface area contributed by atoms with Crippen molar-refractivity contribution in [1.29, 1.82) is 0 Å². The van der Waals surface area contributed by atoms with Crippen molar-refractivity contribution in [2.75, 3.05) is 13.1 Å². The summed E-state index contributed by atoms with van der Waals surface area (Å²) in [5.41, 5.74) is 1.68. The average molecular weight is 457 g/mol. The van der Waals surface area contributed by atoms with E-state index in [1.54, 1.807) is 24.3 Å². The third kappa shape index (κ3) is 4.52. The van der Waals surface area contributed by atoms with Crippen molar-refractivity contribution in [3.63, 3.8) is 0 Å². The maximum Gasteiger partial charge on any atom is 0.307 e. The predicted octanol–water partition coefficient (Wildman–Crippen LogP) is 4.08. The van der Waals surface area contributed by atoms with Gasteiger partial charge in [0.2, 0.25) is 10.0 Å². The number of aromatic nitrogens is 1. The zero-order chi connectivity index (χ0) is 22.9. The molecule has 7 nitrogen and oxygen atoms in total. The second-order valence-corrected chi connectivity index (χ2v) is 10.4. The summed E-state index contributed by atoms with van der Waals surface area (Å²) in [6, 6.07) is 14.2. The number of hydrogen-bond donors (Lipinski definition) is 1. The van der Waals surface area contributed by atoms with Crippen LogP contribution in [-0.2, 0) is 21.2 Å². The van der Waals surface area contributed by atoms with Crippen LogP contribution in [0.15, 0.2) is 59.6 Å². The fourth-order valence-corrected chi connectivity index (χ4v) is 5.88. The number of ether oxygens (including phenoxy) is 1. The molecule has 1 aliphatic heterocycles. The average Bonchev–Trinajstić information content (AvgIpc) is 3.12. The van der Waals surface area contributed by atoms with E-state index in [1.807, 2.05) is 44.3 Å². The van der Waals surface area contributed by atoms with Crippen LogP contribution in [0.4, 0.5) is 0 Å². The van der Waals surface area contributed by atoms with Crippen LogP contribution >= 0.6 is 0 Å². The van der Waals surface area contributed by atoms with Gasteiger partial charge in [-0.05, 0) is 62.6 Å². The van der Waals surface area contributed by atoms with E-state index in [1.165, 1.54) is 4.31 Å². The van der Waals surface area contributed by atoms with E-state index in [9.17, 15) is 18.3 Å². The molecule has 1 fully saturated rings. The van der Waals surface area contributed by atoms with Gasteiger partial charge < -0.3 is 14.4 Å². The highest BCUT2D eigenvalue weighted by Gasteiger charge is 2.31. The number of carboxylic acid groups (broad SMARTS) is 1. The Hall–Kier alpha value is -2.84. The molecule has 1 atom stereocenters. The van der Waals surface area contributed by atoms with Crippen LogP contribution in [-0.4, -0.2) is 47.6 Å². The molecular weight excluding hydrogens is 428 g/mol. The molecule has 0 radical (unpaired) electrons. The number of benzene rings is 2. The van der Waals surface area contributed by atoms with Crippen LogP contribution in [0.5, 0.6) is 5.75 Å². The highest BCUT2D eigenvalue weighted by atomic mass is 32.2. The van der Waals surface area contributed by atoms with Crippen LogP contribution < -0.4 is 4.74 Å². The first-order valence-corrected chi connectivity index (χ1v) is 12.3. The molecule has 0 amide bonds. The highest BCUT2D eigenvalue weighted by Crippen LogP contribution is 2.32. The van der Waals surface area contributed by atoms with Gasteiger partial charge in [-0.25, -0.2) is 8.42 Å². The molecular formula is C24H28N2O5S. The molecule has 2 aromatic carbocycles. The third-order valence-electron chi connectivity index (χ3n) is 5.75. The minimum atomic E-state index is -3.64. The van der Waals surface area contributed by atoms with Gasteiger partial charge >= 0.3 is 5.97 Å². The molecule has 1 N–H and O–H groups in total. The van der Waals surface area contributed by atoms with E-state index in [0.29, 0.717) is 18.8 Å². The lowest BCUT2D eigenvalue weighted by atomic mass is 10.1. The lowest BCUT2D eigenvalue weighted by molar-refractivity contribution is -0.136. The van der Waals surface area contributed by atoms with Crippen molar-refractivity contribution < 1.29 is 23.1 Å². The summed E-state index contributed by atoms with van der Waals surface area (Å²) in [6.07, 6.45) is 3.39. The quantitative estimate of drug-likeness (QED) is 0.579. The van der Waals surface area contributed by atoms with Gasteiger partial charge in [0.1, 0.15) is 5.75 Å². The minimum absolute atomic E-state index is 0.0164. The van der Waals surface area contributed by atoms with Crippen LogP contribution in [0, 0.1) is 0 Å². The number of rotatable bonds is 7. The van der Waals surface area contributed by atoms with Crippen LogP contribution in [0.1, 0.15) is 38.3 Å². The summed E-state index contributed by atoms with van der Waals surface area (Å²) in [6.45, 7) is 4.65. The van der Waals surface area contributed by atoms with Crippen molar-refractivity contribution in [1.82, 2.24) is 8.87 Å².